The number of carboxylic acid groups (broad SMARTS) is 1. The van der Waals surface area contributed by atoms with Gasteiger partial charge in [0.05, 0.1) is 11.5 Å². The number of nitro groups is 1. The van der Waals surface area contributed by atoms with E-state index in [1.807, 2.05) is 0 Å². The minimum Gasteiger partial charge on any atom is -0.480 e. The van der Waals surface area contributed by atoms with Crippen LogP contribution in [0.5, 0.6) is 0 Å². The summed E-state index contributed by atoms with van der Waals surface area (Å²) in [7, 11) is 0. The highest BCUT2D eigenvalue weighted by atomic mass is 16.6. The van der Waals surface area contributed by atoms with Crippen LogP contribution in [0, 0.1) is 10.1 Å². The Morgan fingerprint density at radius 3 is 2.62 bits per heavy atom. The molecule has 0 radical (unpaired) electrons. The smallest absolute Gasteiger partial charge is 0.325 e. The molecule has 0 spiro atoms. The lowest BCUT2D eigenvalue weighted by molar-refractivity contribution is -0.384. The van der Waals surface area contributed by atoms with Crippen molar-refractivity contribution in [1.82, 2.24) is 10.6 Å². The first kappa shape index (κ1) is 16.1. The van der Waals surface area contributed by atoms with E-state index in [4.69, 9.17) is 5.11 Å². The molecule has 1 aromatic rings. The van der Waals surface area contributed by atoms with Gasteiger partial charge in [0.2, 0.25) is 5.91 Å². The van der Waals surface area contributed by atoms with Gasteiger partial charge in [0, 0.05) is 17.7 Å². The number of amides is 2. The second-order valence-electron chi connectivity index (χ2n) is 4.12. The summed E-state index contributed by atoms with van der Waals surface area (Å²) in [5.74, 6) is -2.55. The number of carboxylic acids is 1. The third kappa shape index (κ3) is 4.90. The van der Waals surface area contributed by atoms with Crippen molar-refractivity contribution in [2.24, 2.45) is 0 Å². The van der Waals surface area contributed by atoms with Crippen molar-refractivity contribution in [2.75, 3.05) is 6.54 Å². The van der Waals surface area contributed by atoms with E-state index in [0.717, 1.165) is 6.07 Å². The van der Waals surface area contributed by atoms with E-state index < -0.39 is 35.3 Å². The van der Waals surface area contributed by atoms with E-state index in [1.165, 1.54) is 25.1 Å². The summed E-state index contributed by atoms with van der Waals surface area (Å²) in [6.45, 7) is 0.849. The van der Waals surface area contributed by atoms with Gasteiger partial charge in [-0.2, -0.15) is 0 Å². The van der Waals surface area contributed by atoms with Crippen LogP contribution in [-0.2, 0) is 9.59 Å². The van der Waals surface area contributed by atoms with Crippen LogP contribution in [0.4, 0.5) is 5.69 Å². The monoisotopic (exact) mass is 295 g/mol. The lowest BCUT2D eigenvalue weighted by Crippen LogP contribution is -2.44. The van der Waals surface area contributed by atoms with Crippen LogP contribution in [0.25, 0.3) is 0 Å². The van der Waals surface area contributed by atoms with Crippen molar-refractivity contribution in [3.05, 3.63) is 39.9 Å². The van der Waals surface area contributed by atoms with Gasteiger partial charge in [-0.15, -0.1) is 0 Å². The number of nitro benzene ring substituents is 1. The second kappa shape index (κ2) is 6.98. The molecule has 0 aliphatic heterocycles. The summed E-state index contributed by atoms with van der Waals surface area (Å²) in [6, 6.07) is 3.94. The van der Waals surface area contributed by atoms with E-state index in [1.54, 1.807) is 0 Å². The third-order valence-corrected chi connectivity index (χ3v) is 2.48. The Balaban J connectivity index is 2.58. The van der Waals surface area contributed by atoms with Crippen LogP contribution < -0.4 is 10.6 Å². The maximum Gasteiger partial charge on any atom is 0.325 e. The van der Waals surface area contributed by atoms with E-state index >= 15 is 0 Å². The van der Waals surface area contributed by atoms with Gasteiger partial charge in [-0.25, -0.2) is 0 Å². The summed E-state index contributed by atoms with van der Waals surface area (Å²) in [4.78, 5) is 43.6. The number of carbonyl (C=O) groups excluding carboxylic acids is 2. The molecule has 3 N–H and O–H groups in total. The summed E-state index contributed by atoms with van der Waals surface area (Å²) in [6.07, 6.45) is 0. The fourth-order valence-electron chi connectivity index (χ4n) is 1.38. The summed E-state index contributed by atoms with van der Waals surface area (Å²) >= 11 is 0. The molecule has 21 heavy (non-hydrogen) atoms. The molecule has 0 aliphatic rings. The zero-order valence-electron chi connectivity index (χ0n) is 11.0. The molecule has 1 rings (SSSR count). The molecule has 0 aromatic heterocycles. The van der Waals surface area contributed by atoms with E-state index in [2.05, 4.69) is 10.6 Å². The quantitative estimate of drug-likeness (QED) is 0.495. The van der Waals surface area contributed by atoms with Crippen LogP contribution in [0.1, 0.15) is 17.3 Å². The molecule has 112 valence electrons. The normalized spacial score (nSPS) is 11.3. The molecule has 9 nitrogen and oxygen atoms in total. The molecular weight excluding hydrogens is 282 g/mol. The number of rotatable bonds is 6. The largest absolute Gasteiger partial charge is 0.480 e. The molecule has 1 aromatic carbocycles. The Morgan fingerprint density at radius 2 is 2.05 bits per heavy atom. The predicted octanol–water partition coefficient (Wildman–Crippen LogP) is -0.0861. The van der Waals surface area contributed by atoms with Gasteiger partial charge in [0.1, 0.15) is 6.04 Å². The number of non-ortho nitro benzene ring substituents is 1. The fourth-order valence-corrected chi connectivity index (χ4v) is 1.38. The maximum absolute atomic E-state index is 11.7. The molecule has 0 unspecified atom stereocenters. The van der Waals surface area contributed by atoms with Crippen LogP contribution in [0.2, 0.25) is 0 Å². The zero-order chi connectivity index (χ0) is 16.0. The molecule has 0 saturated heterocycles. The number of hydrogen-bond donors (Lipinski definition) is 3. The van der Waals surface area contributed by atoms with Crippen molar-refractivity contribution in [1.29, 1.82) is 0 Å². The minimum absolute atomic E-state index is 0.0308. The Hall–Kier alpha value is -2.97. The van der Waals surface area contributed by atoms with E-state index in [0.29, 0.717) is 0 Å². The van der Waals surface area contributed by atoms with Gasteiger partial charge < -0.3 is 15.7 Å². The standard InChI is InChI=1S/C12H13N3O6/c1-7(12(18)19)14-10(16)6-13-11(17)8-3-2-4-9(5-8)15(20)21/h2-5,7H,6H2,1H3,(H,13,17)(H,14,16)(H,18,19)/t7-/m0/s1. The predicted molar refractivity (Wildman–Crippen MR) is 70.7 cm³/mol. The Morgan fingerprint density at radius 1 is 1.38 bits per heavy atom. The number of carbonyl (C=O) groups is 3. The zero-order valence-corrected chi connectivity index (χ0v) is 11.0. The number of aliphatic carboxylic acids is 1. The molecule has 2 amide bonds. The highest BCUT2D eigenvalue weighted by Gasteiger charge is 2.15. The Kier molecular flexibility index (Phi) is 5.35. The van der Waals surface area contributed by atoms with Crippen LogP contribution >= 0.6 is 0 Å². The third-order valence-electron chi connectivity index (χ3n) is 2.48. The molecular formula is C12H13N3O6. The summed E-state index contributed by atoms with van der Waals surface area (Å²) in [5.41, 5.74) is -0.213. The number of nitrogens with one attached hydrogen (secondary N) is 2. The lowest BCUT2D eigenvalue weighted by Gasteiger charge is -2.09. The van der Waals surface area contributed by atoms with E-state index in [-0.39, 0.29) is 11.3 Å². The summed E-state index contributed by atoms with van der Waals surface area (Å²) in [5, 5.41) is 23.6. The van der Waals surface area contributed by atoms with Crippen molar-refractivity contribution in [3.63, 3.8) is 0 Å². The molecule has 0 saturated carbocycles. The van der Waals surface area contributed by atoms with Gasteiger partial charge in [-0.05, 0) is 13.0 Å². The first-order chi connectivity index (χ1) is 9.81. The molecule has 0 bridgehead atoms. The minimum atomic E-state index is -1.20. The highest BCUT2D eigenvalue weighted by Crippen LogP contribution is 2.12. The second-order valence-corrected chi connectivity index (χ2v) is 4.12. The topological polar surface area (TPSA) is 139 Å². The average molecular weight is 295 g/mol. The van der Waals surface area contributed by atoms with Crippen molar-refractivity contribution < 1.29 is 24.4 Å². The number of benzene rings is 1. The molecule has 0 heterocycles. The first-order valence-corrected chi connectivity index (χ1v) is 5.86. The molecule has 9 heteroatoms. The Labute approximate surface area is 119 Å². The lowest BCUT2D eigenvalue weighted by atomic mass is 10.2. The van der Waals surface area contributed by atoms with Gasteiger partial charge in [-0.3, -0.25) is 24.5 Å². The molecule has 1 atom stereocenters. The Bertz CT molecular complexity index is 586. The van der Waals surface area contributed by atoms with Crippen molar-refractivity contribution >= 4 is 23.5 Å². The number of nitrogens with zero attached hydrogens (tertiary/aromatic N) is 1. The van der Waals surface area contributed by atoms with Crippen molar-refractivity contribution in [2.45, 2.75) is 13.0 Å². The van der Waals surface area contributed by atoms with Gasteiger partial charge in [-0.1, -0.05) is 6.07 Å². The van der Waals surface area contributed by atoms with Gasteiger partial charge in [0.25, 0.3) is 11.6 Å². The van der Waals surface area contributed by atoms with Crippen LogP contribution in [0.15, 0.2) is 24.3 Å². The molecule has 0 fully saturated rings. The maximum atomic E-state index is 11.7. The van der Waals surface area contributed by atoms with Gasteiger partial charge in [0.15, 0.2) is 0 Å². The SMILES string of the molecule is C[C@H](NC(=O)CNC(=O)c1cccc([N+](=O)[O-])c1)C(=O)O. The number of hydrogen-bond acceptors (Lipinski definition) is 5. The fraction of sp³-hybridized carbons (Fsp3) is 0.250. The highest BCUT2D eigenvalue weighted by molar-refractivity contribution is 5.97. The molecule has 0 aliphatic carbocycles. The first-order valence-electron chi connectivity index (χ1n) is 5.86. The average Bonchev–Trinajstić information content (AvgIpc) is 2.44. The van der Waals surface area contributed by atoms with E-state index in [9.17, 15) is 24.5 Å². The summed E-state index contributed by atoms with van der Waals surface area (Å²) < 4.78 is 0. The van der Waals surface area contributed by atoms with Crippen LogP contribution in [-0.4, -0.2) is 40.4 Å². The van der Waals surface area contributed by atoms with Crippen molar-refractivity contribution in [3.8, 4) is 0 Å². The van der Waals surface area contributed by atoms with Crippen LogP contribution in [0.3, 0.4) is 0 Å². The van der Waals surface area contributed by atoms with Gasteiger partial charge >= 0.3 is 5.97 Å².